The van der Waals surface area contributed by atoms with Crippen molar-refractivity contribution in [2.45, 2.75) is 220 Å². The van der Waals surface area contributed by atoms with Crippen molar-refractivity contribution in [3.63, 3.8) is 0 Å². The van der Waals surface area contributed by atoms with Gasteiger partial charge in [0.05, 0.1) is 104 Å². The fourth-order valence-corrected chi connectivity index (χ4v) is 16.0. The lowest BCUT2D eigenvalue weighted by Gasteiger charge is -2.42. The Morgan fingerprint density at radius 2 is 0.833 bits per heavy atom. The predicted molar refractivity (Wildman–Crippen MR) is 431 cm³/mol. The van der Waals surface area contributed by atoms with Crippen molar-refractivity contribution in [3.8, 4) is 17.2 Å². The van der Waals surface area contributed by atoms with E-state index in [9.17, 15) is 91.8 Å². The first-order chi connectivity index (χ1) is 62.7. The Kier molecular flexibility index (Phi) is 23.6. The SMILES string of the molecule is CC(C)(C)OC(=O)n1ncc2nc(NC(=O)[C@H]3C[C@@H](F)CN3)ccc21.[2H]C([2H])([2H])Oc1ccc(C2(C(=O)N3C[C@H](F)C[C@@H]3C(=O)Nc3ccc4[nH]ncc4n3)CCC(F)(F)CC2)cc1F.[2H]C([2H])([2H])Oc1ccc(C2(C(=O)N3C[C@H](F)C[C@@H]3C(=O)Nc3ccc4c(cnn4C(=O)OC(C)(C)C)n3)CCC(F)(F)CC2)cc1F.[2H]C([2H])([2H])Oc1ccc(C2(C(=O)O)CCC(F)(F)CC2)cc1F. The van der Waals surface area contributed by atoms with Crippen LogP contribution >= 0.6 is 0 Å². The summed E-state index contributed by atoms with van der Waals surface area (Å²) < 4.78 is 261. The van der Waals surface area contributed by atoms with Gasteiger partial charge in [-0.1, -0.05) is 18.2 Å². The number of alkyl halides is 9. The number of rotatable bonds is 15. The second-order valence-corrected chi connectivity index (χ2v) is 33.5. The maximum atomic E-state index is 15.0. The summed E-state index contributed by atoms with van der Waals surface area (Å²) in [7, 11) is -8.75. The number of aromatic amines is 1. The molecule has 9 aromatic rings. The van der Waals surface area contributed by atoms with E-state index in [1.165, 1.54) is 55.0 Å². The second kappa shape index (κ2) is 36.8. The molecule has 3 saturated carbocycles. The third-order valence-electron chi connectivity index (χ3n) is 22.6. The molecule has 0 unspecified atom stereocenters. The van der Waals surface area contributed by atoms with Crippen LogP contribution in [-0.2, 0) is 54.5 Å². The molecule has 3 aliphatic carbocycles. The molecule has 0 radical (unpaired) electrons. The van der Waals surface area contributed by atoms with E-state index in [2.05, 4.69) is 70.8 Å². The number of hydrogen-bond acceptors (Lipinski definition) is 20. The zero-order chi connectivity index (χ0) is 99.1. The number of halogens is 12. The lowest BCUT2D eigenvalue weighted by molar-refractivity contribution is -0.149. The summed E-state index contributed by atoms with van der Waals surface area (Å²) in [6.45, 7) is 9.59. The van der Waals surface area contributed by atoms with Crippen molar-refractivity contribution >= 4 is 98.2 Å². The monoisotopic (exact) mass is 1780 g/mol. The average Bonchev–Trinajstić information content (AvgIpc) is 1.05. The van der Waals surface area contributed by atoms with Gasteiger partial charge in [-0.15, -0.1) is 0 Å². The number of aliphatic carboxylic acids is 1. The molecule has 41 heteroatoms. The molecule has 3 saturated heterocycles. The molecule has 6 aliphatic rings. The van der Waals surface area contributed by atoms with Crippen LogP contribution < -0.4 is 35.5 Å². The van der Waals surface area contributed by atoms with E-state index < -0.39 is 257 Å². The minimum Gasteiger partial charge on any atom is -0.494 e. The van der Waals surface area contributed by atoms with Gasteiger partial charge in [0.25, 0.3) is 0 Å². The van der Waals surface area contributed by atoms with Crippen LogP contribution in [0.2, 0.25) is 0 Å². The van der Waals surface area contributed by atoms with Gasteiger partial charge in [-0.2, -0.15) is 24.7 Å². The molecule has 15 rings (SSSR count). The lowest BCUT2D eigenvalue weighted by Crippen LogP contribution is -2.54. The van der Waals surface area contributed by atoms with E-state index in [-0.39, 0.29) is 83.9 Å². The smallest absolute Gasteiger partial charge is 0.435 e. The molecular formula is C85H93F12N15O14. The number of carbonyl (C=O) groups excluding carboxylic acids is 7. The summed E-state index contributed by atoms with van der Waals surface area (Å²) in [5.74, 6) is -18.4. The topological polar surface area (TPSA) is 361 Å². The number of carbonyl (C=O) groups is 8. The number of H-pyrrole nitrogens is 1. The number of nitrogens with zero attached hydrogens (tertiary/aromatic N) is 10. The highest BCUT2D eigenvalue weighted by atomic mass is 19.3. The Hall–Kier alpha value is -12.2. The molecule has 0 spiro atoms. The number of benzene rings is 3. The van der Waals surface area contributed by atoms with Gasteiger partial charge in [0.2, 0.25) is 47.3 Å². The van der Waals surface area contributed by atoms with E-state index in [1.807, 2.05) is 0 Å². The first-order valence-electron chi connectivity index (χ1n) is 44.2. The van der Waals surface area contributed by atoms with Gasteiger partial charge in [0, 0.05) is 64.3 Å². The maximum absolute atomic E-state index is 15.0. The first-order valence-corrected chi connectivity index (χ1v) is 39.7. The van der Waals surface area contributed by atoms with E-state index in [0.717, 1.165) is 55.6 Å². The highest BCUT2D eigenvalue weighted by Gasteiger charge is 2.57. The van der Waals surface area contributed by atoms with Crippen LogP contribution in [0.4, 0.5) is 79.7 Å². The fraction of sp³-hybridized carbons (Fsp3) is 0.482. The van der Waals surface area contributed by atoms with E-state index >= 15 is 4.39 Å². The molecule has 6 atom stereocenters. The molecular weight excluding hydrogens is 1680 g/mol. The Labute approximate surface area is 725 Å². The lowest BCUT2D eigenvalue weighted by atomic mass is 9.67. The average molecular weight is 1790 g/mol. The molecule has 0 bridgehead atoms. The number of likely N-dealkylation sites (tertiary alicyclic amines) is 2. The van der Waals surface area contributed by atoms with E-state index in [1.54, 1.807) is 59.7 Å². The summed E-state index contributed by atoms with van der Waals surface area (Å²) in [6, 6.07) is 15.2. The number of nitrogens with one attached hydrogen (secondary N) is 5. The Bertz CT molecular complexity index is 5930. The Balaban J connectivity index is 0.000000169. The Morgan fingerprint density at radius 3 is 1.19 bits per heavy atom. The van der Waals surface area contributed by atoms with E-state index in [0.29, 0.717) is 27.9 Å². The van der Waals surface area contributed by atoms with Gasteiger partial charge in [0.1, 0.15) is 75.8 Å². The van der Waals surface area contributed by atoms with Gasteiger partial charge >= 0.3 is 18.2 Å². The van der Waals surface area contributed by atoms with E-state index in [4.69, 9.17) is 21.8 Å². The zero-order valence-electron chi connectivity index (χ0n) is 77.3. The van der Waals surface area contributed by atoms with Gasteiger partial charge in [-0.05, 0) is 170 Å². The number of fused-ring (bicyclic) bond motifs is 3. The van der Waals surface area contributed by atoms with Gasteiger partial charge in [-0.3, -0.25) is 33.9 Å². The third-order valence-corrected chi connectivity index (χ3v) is 22.6. The van der Waals surface area contributed by atoms with Crippen molar-refractivity contribution in [2.24, 2.45) is 0 Å². The van der Waals surface area contributed by atoms with Gasteiger partial charge < -0.3 is 59.9 Å². The standard InChI is InChI=1S/C30H33F4N5O5.C25H25F4N5O3.C16H20FN5O3.C14H15F3O3/c1-28(2,3)44-27(42)39-21-6-8-24(36-20(21)15-35-39)37-25(40)22-14-18(31)16-38(22)26(41)29(9-11-30(33,34)12-10-29)17-5-7-23(43-4)19(32)13-17;1-37-20-4-2-14(10-16(20)27)24(6-8-25(28,29)9-7-24)23(36)34-13-15(26)11-19(34)22(35)32-21-5-3-17-18(31-21)12-30-33-17;1-16(2,3)25-15(24)22-12-4-5-13(20-11(12)8-19-22)21-14(23)10-6-9(17)7-18-10;1-20-11-3-2-9(8-10(11)15)13(12(18)19)4-6-14(16,17)7-5-13/h5-8,13,15,18,22H,9-12,14,16H2,1-4H3,(H,36,37,40);2-5,10,12,15,19H,6-9,11,13H2,1H3,(H,30,33)(H,31,32,35);4-5,8-10,18H,6-7H2,1-3H3,(H,20,21,23);2-3,8H,4-7H2,1H3,(H,18,19)/t18-,22-;15-,19-;9-,10-;/m111./s1/i4D3;1D3;;1D3. The quantitative estimate of drug-likeness (QED) is 0.0519. The number of amides is 5. The number of carboxylic acids is 1. The number of anilines is 3. The van der Waals surface area contributed by atoms with Crippen molar-refractivity contribution in [3.05, 3.63) is 144 Å². The van der Waals surface area contributed by atoms with Crippen LogP contribution in [0.3, 0.4) is 0 Å². The molecule has 126 heavy (non-hydrogen) atoms. The summed E-state index contributed by atoms with van der Waals surface area (Å²) in [4.78, 5) is 118. The fourth-order valence-electron chi connectivity index (χ4n) is 16.0. The molecule has 9 heterocycles. The molecule has 3 aliphatic heterocycles. The van der Waals surface area contributed by atoms with Crippen molar-refractivity contribution < 1.29 is 132 Å². The summed E-state index contributed by atoms with van der Waals surface area (Å²) in [5, 5.41) is 34.6. The molecule has 6 aromatic heterocycles. The second-order valence-electron chi connectivity index (χ2n) is 33.5. The van der Waals surface area contributed by atoms with Crippen molar-refractivity contribution in [1.29, 1.82) is 0 Å². The predicted octanol–water partition coefficient (Wildman–Crippen LogP) is 14.7. The number of ether oxygens (including phenoxy) is 5. The maximum Gasteiger partial charge on any atom is 0.435 e. The summed E-state index contributed by atoms with van der Waals surface area (Å²) >= 11 is 0. The van der Waals surface area contributed by atoms with Crippen LogP contribution in [0.15, 0.2) is 110 Å². The van der Waals surface area contributed by atoms with Crippen LogP contribution in [0.5, 0.6) is 17.2 Å². The largest absolute Gasteiger partial charge is 0.494 e. The number of pyridine rings is 3. The summed E-state index contributed by atoms with van der Waals surface area (Å²) in [6.07, 6.45) is -8.28. The molecule has 6 fully saturated rings. The normalized spacial score (nSPS) is 22.8. The highest BCUT2D eigenvalue weighted by Crippen LogP contribution is 2.51. The first kappa shape index (κ1) is 80.9. The molecule has 6 N–H and O–H groups in total. The molecule has 676 valence electrons. The van der Waals surface area contributed by atoms with Gasteiger partial charge in [-0.25, -0.2) is 77.2 Å². The summed E-state index contributed by atoms with van der Waals surface area (Å²) in [5.41, 5.74) is -3.96. The van der Waals surface area contributed by atoms with Crippen molar-refractivity contribution in [2.75, 3.05) is 56.7 Å². The molecule has 29 nitrogen and oxygen atoms in total. The van der Waals surface area contributed by atoms with Crippen LogP contribution in [0, 0.1) is 17.5 Å². The molecule has 3 aromatic carbocycles. The highest BCUT2D eigenvalue weighted by molar-refractivity contribution is 6.02. The minimum absolute atomic E-state index is 0.0111. The van der Waals surface area contributed by atoms with Crippen LogP contribution in [0.1, 0.15) is 167 Å². The third kappa shape index (κ3) is 20.8. The minimum atomic E-state index is -3.10. The number of aromatic nitrogens is 9. The van der Waals surface area contributed by atoms with Crippen LogP contribution in [0.25, 0.3) is 33.1 Å². The van der Waals surface area contributed by atoms with Gasteiger partial charge in [0.15, 0.2) is 34.7 Å². The zero-order valence-corrected chi connectivity index (χ0v) is 68.3. The molecule has 5 amide bonds. The Morgan fingerprint density at radius 1 is 0.468 bits per heavy atom. The number of methoxy groups -OCH3 is 3. The number of carboxylic acid groups (broad SMARTS) is 1. The number of hydrogen-bond donors (Lipinski definition) is 6. The van der Waals surface area contributed by atoms with Crippen molar-refractivity contribution in [1.82, 2.24) is 59.8 Å². The van der Waals surface area contributed by atoms with Crippen LogP contribution in [-0.4, -0.2) is 214 Å².